The number of Topliss-reactive ketones (excluding diaryl/α,β-unsaturated/α-hetero) is 1. The van der Waals surface area contributed by atoms with Crippen LogP contribution < -0.4 is 0 Å². The van der Waals surface area contributed by atoms with Crippen LogP contribution in [0.2, 0.25) is 0 Å². The summed E-state index contributed by atoms with van der Waals surface area (Å²) in [6.07, 6.45) is 1.75. The van der Waals surface area contributed by atoms with Crippen LogP contribution in [0.15, 0.2) is 6.20 Å². The second-order valence-corrected chi connectivity index (χ2v) is 4.86. The first-order chi connectivity index (χ1) is 8.40. The minimum Gasteiger partial charge on any atom is -0.476 e. The van der Waals surface area contributed by atoms with Crippen LogP contribution in [0.1, 0.15) is 32.8 Å². The highest BCUT2D eigenvalue weighted by Crippen LogP contribution is 2.30. The number of aromatic nitrogens is 3. The molecule has 18 heavy (non-hydrogen) atoms. The van der Waals surface area contributed by atoms with Crippen LogP contribution in [-0.2, 0) is 7.05 Å². The standard InChI is InChI=1S/C11H11N3O3S/c1-5-7(4-14(3)13-5)10-12-8(11(16)17)9(18-10)6(2)15/h4H,1-3H3,(H,16,17). The zero-order valence-electron chi connectivity index (χ0n) is 10.1. The SMILES string of the molecule is CC(=O)c1sc(-c2cn(C)nc2C)nc1C(=O)O. The number of ketones is 1. The fourth-order valence-electron chi connectivity index (χ4n) is 1.63. The molecule has 0 radical (unpaired) electrons. The van der Waals surface area contributed by atoms with Crippen LogP contribution in [0.25, 0.3) is 10.6 Å². The van der Waals surface area contributed by atoms with Crippen LogP contribution >= 0.6 is 11.3 Å². The summed E-state index contributed by atoms with van der Waals surface area (Å²) in [5, 5.41) is 13.7. The van der Waals surface area contributed by atoms with Crippen molar-refractivity contribution in [1.82, 2.24) is 14.8 Å². The maximum absolute atomic E-state index is 11.4. The lowest BCUT2D eigenvalue weighted by molar-refractivity contribution is 0.0687. The highest BCUT2D eigenvalue weighted by atomic mass is 32.1. The van der Waals surface area contributed by atoms with Gasteiger partial charge in [0, 0.05) is 20.2 Å². The highest BCUT2D eigenvalue weighted by Gasteiger charge is 2.22. The molecule has 0 fully saturated rings. The average molecular weight is 265 g/mol. The molecule has 0 aliphatic heterocycles. The second kappa shape index (κ2) is 4.34. The largest absolute Gasteiger partial charge is 0.476 e. The normalized spacial score (nSPS) is 10.6. The lowest BCUT2D eigenvalue weighted by atomic mass is 10.2. The predicted molar refractivity (Wildman–Crippen MR) is 66.0 cm³/mol. The van der Waals surface area contributed by atoms with Gasteiger partial charge in [0.05, 0.1) is 11.3 Å². The number of hydrogen-bond donors (Lipinski definition) is 1. The Morgan fingerprint density at radius 1 is 1.44 bits per heavy atom. The van der Waals surface area contributed by atoms with Crippen molar-refractivity contribution < 1.29 is 14.7 Å². The van der Waals surface area contributed by atoms with Gasteiger partial charge in [-0.05, 0) is 6.92 Å². The zero-order valence-corrected chi connectivity index (χ0v) is 10.9. The monoisotopic (exact) mass is 265 g/mol. The molecule has 0 unspecified atom stereocenters. The van der Waals surface area contributed by atoms with E-state index in [1.54, 1.807) is 17.9 Å². The van der Waals surface area contributed by atoms with Gasteiger partial charge in [-0.1, -0.05) is 0 Å². The molecule has 0 spiro atoms. The number of carbonyl (C=O) groups is 2. The third-order valence-corrected chi connectivity index (χ3v) is 3.58. The van der Waals surface area contributed by atoms with Crippen molar-refractivity contribution in [1.29, 1.82) is 0 Å². The van der Waals surface area contributed by atoms with E-state index in [4.69, 9.17) is 5.11 Å². The summed E-state index contributed by atoms with van der Waals surface area (Å²) >= 11 is 1.08. The topological polar surface area (TPSA) is 85.1 Å². The summed E-state index contributed by atoms with van der Waals surface area (Å²) in [7, 11) is 1.77. The number of carbonyl (C=O) groups excluding carboxylic acids is 1. The summed E-state index contributed by atoms with van der Waals surface area (Å²) in [5.74, 6) is -1.48. The molecule has 0 aliphatic rings. The number of carboxylic acids is 1. The first-order valence-electron chi connectivity index (χ1n) is 5.16. The zero-order chi connectivity index (χ0) is 13.4. The summed E-state index contributed by atoms with van der Waals surface area (Å²) in [5.41, 5.74) is 1.31. The molecule has 0 saturated carbocycles. The van der Waals surface area contributed by atoms with Crippen LogP contribution in [0.3, 0.4) is 0 Å². The number of thiazole rings is 1. The van der Waals surface area contributed by atoms with E-state index in [9.17, 15) is 9.59 Å². The smallest absolute Gasteiger partial charge is 0.356 e. The lowest BCUT2D eigenvalue weighted by Crippen LogP contribution is -2.03. The molecule has 2 heterocycles. The van der Waals surface area contributed by atoms with E-state index in [2.05, 4.69) is 10.1 Å². The molecule has 2 rings (SSSR count). The third-order valence-electron chi connectivity index (χ3n) is 2.39. The molecule has 2 aromatic rings. The van der Waals surface area contributed by atoms with Crippen LogP contribution in [0.5, 0.6) is 0 Å². The molecule has 0 atom stereocenters. The summed E-state index contributed by atoms with van der Waals surface area (Å²) in [6, 6.07) is 0. The minimum atomic E-state index is -1.19. The minimum absolute atomic E-state index is 0.167. The van der Waals surface area contributed by atoms with E-state index in [1.165, 1.54) is 6.92 Å². The number of aryl methyl sites for hydroxylation is 2. The van der Waals surface area contributed by atoms with Crippen molar-refractivity contribution in [3.63, 3.8) is 0 Å². The molecule has 0 aliphatic carbocycles. The van der Waals surface area contributed by atoms with Gasteiger partial charge in [0.2, 0.25) is 0 Å². The number of hydrogen-bond acceptors (Lipinski definition) is 5. The molecule has 0 amide bonds. The molecule has 6 nitrogen and oxygen atoms in total. The van der Waals surface area contributed by atoms with Gasteiger partial charge in [0.25, 0.3) is 0 Å². The highest BCUT2D eigenvalue weighted by molar-refractivity contribution is 7.17. The van der Waals surface area contributed by atoms with E-state index in [-0.39, 0.29) is 16.4 Å². The van der Waals surface area contributed by atoms with Gasteiger partial charge in [0.15, 0.2) is 11.5 Å². The van der Waals surface area contributed by atoms with Crippen molar-refractivity contribution in [3.05, 3.63) is 22.5 Å². The third kappa shape index (κ3) is 2.04. The summed E-state index contributed by atoms with van der Waals surface area (Å²) in [6.45, 7) is 3.14. The molecule has 0 bridgehead atoms. The van der Waals surface area contributed by atoms with E-state index >= 15 is 0 Å². The van der Waals surface area contributed by atoms with E-state index in [0.29, 0.717) is 5.01 Å². The molecular formula is C11H11N3O3S. The molecule has 7 heteroatoms. The van der Waals surface area contributed by atoms with Crippen LogP contribution in [0, 0.1) is 6.92 Å². The van der Waals surface area contributed by atoms with Gasteiger partial charge >= 0.3 is 5.97 Å². The Bertz CT molecular complexity index is 610. The van der Waals surface area contributed by atoms with Gasteiger partial charge in [0.1, 0.15) is 9.88 Å². The number of carboxylic acid groups (broad SMARTS) is 1. The molecule has 1 N–H and O–H groups in total. The van der Waals surface area contributed by atoms with E-state index in [1.807, 2.05) is 6.92 Å². The molecule has 2 aromatic heterocycles. The molecule has 94 valence electrons. The van der Waals surface area contributed by atoms with Crippen molar-refractivity contribution in [3.8, 4) is 10.6 Å². The van der Waals surface area contributed by atoms with Crippen molar-refractivity contribution >= 4 is 23.1 Å². The quantitative estimate of drug-likeness (QED) is 0.854. The number of rotatable bonds is 3. The van der Waals surface area contributed by atoms with E-state index < -0.39 is 5.97 Å². The maximum atomic E-state index is 11.4. The Balaban J connectivity index is 2.60. The molecule has 0 saturated heterocycles. The number of nitrogens with zero attached hydrogens (tertiary/aromatic N) is 3. The van der Waals surface area contributed by atoms with Gasteiger partial charge in [-0.15, -0.1) is 11.3 Å². The Kier molecular flexibility index (Phi) is 3.00. The predicted octanol–water partition coefficient (Wildman–Crippen LogP) is 1.75. The molecular weight excluding hydrogens is 254 g/mol. The van der Waals surface area contributed by atoms with Gasteiger partial charge in [-0.2, -0.15) is 5.10 Å². The molecule has 0 aromatic carbocycles. The Morgan fingerprint density at radius 2 is 2.11 bits per heavy atom. The van der Waals surface area contributed by atoms with Crippen molar-refractivity contribution in [2.24, 2.45) is 7.05 Å². The summed E-state index contributed by atoms with van der Waals surface area (Å²) in [4.78, 5) is 26.6. The average Bonchev–Trinajstić information content (AvgIpc) is 2.81. The Hall–Kier alpha value is -2.02. The van der Waals surface area contributed by atoms with Gasteiger partial charge in [-0.3, -0.25) is 9.48 Å². The van der Waals surface area contributed by atoms with Crippen molar-refractivity contribution in [2.45, 2.75) is 13.8 Å². The lowest BCUT2D eigenvalue weighted by Gasteiger charge is -1.89. The Labute approximate surface area is 107 Å². The Morgan fingerprint density at radius 3 is 2.50 bits per heavy atom. The van der Waals surface area contributed by atoms with Crippen LogP contribution in [0.4, 0.5) is 0 Å². The van der Waals surface area contributed by atoms with Gasteiger partial charge in [-0.25, -0.2) is 9.78 Å². The van der Waals surface area contributed by atoms with Crippen LogP contribution in [-0.4, -0.2) is 31.6 Å². The fourth-order valence-corrected chi connectivity index (χ4v) is 2.64. The second-order valence-electron chi connectivity index (χ2n) is 3.86. The number of aromatic carboxylic acids is 1. The van der Waals surface area contributed by atoms with Gasteiger partial charge < -0.3 is 5.11 Å². The van der Waals surface area contributed by atoms with E-state index in [0.717, 1.165) is 22.6 Å². The first-order valence-corrected chi connectivity index (χ1v) is 5.97. The first kappa shape index (κ1) is 12.4. The summed E-state index contributed by atoms with van der Waals surface area (Å²) < 4.78 is 1.62. The maximum Gasteiger partial charge on any atom is 0.356 e. The van der Waals surface area contributed by atoms with Crippen molar-refractivity contribution in [2.75, 3.05) is 0 Å². The fraction of sp³-hybridized carbons (Fsp3) is 0.273.